The average molecular weight is 442 g/mol. The van der Waals surface area contributed by atoms with Crippen LogP contribution in [0, 0.1) is 11.6 Å². The number of benzene rings is 1. The smallest absolute Gasteiger partial charge is 0.183 e. The summed E-state index contributed by atoms with van der Waals surface area (Å²) in [5.74, 6) is -2.07. The SMILES string of the molecule is CC.CC(c1ccnc(C=S)c1)c1c(F)c(F)c2[nH]ccc2c1Br.CN. The highest BCUT2D eigenvalue weighted by Crippen LogP contribution is 2.38. The summed E-state index contributed by atoms with van der Waals surface area (Å²) < 4.78 is 29.3. The van der Waals surface area contributed by atoms with Crippen LogP contribution in [0.15, 0.2) is 35.1 Å². The summed E-state index contributed by atoms with van der Waals surface area (Å²) in [7, 11) is 1.50. The lowest BCUT2D eigenvalue weighted by Crippen LogP contribution is -2.05. The molecule has 140 valence electrons. The van der Waals surface area contributed by atoms with E-state index in [-0.39, 0.29) is 17.0 Å². The van der Waals surface area contributed by atoms with Gasteiger partial charge in [0, 0.05) is 39.1 Å². The maximum atomic E-state index is 14.5. The largest absolute Gasteiger partial charge is 0.359 e. The average Bonchev–Trinajstić information content (AvgIpc) is 3.20. The third-order valence-electron chi connectivity index (χ3n) is 3.73. The highest BCUT2D eigenvalue weighted by Gasteiger charge is 2.24. The Morgan fingerprint density at radius 1 is 1.23 bits per heavy atom. The van der Waals surface area contributed by atoms with E-state index < -0.39 is 11.6 Å². The fraction of sp³-hybridized carbons (Fsp3) is 0.263. The molecule has 0 saturated carbocycles. The highest BCUT2D eigenvalue weighted by molar-refractivity contribution is 9.10. The number of aromatic amines is 1. The van der Waals surface area contributed by atoms with Crippen molar-refractivity contribution in [2.75, 3.05) is 7.05 Å². The number of rotatable bonds is 3. The molecule has 0 amide bonds. The minimum atomic E-state index is -0.867. The second kappa shape index (κ2) is 10.4. The molecule has 1 unspecified atom stereocenters. The van der Waals surface area contributed by atoms with Gasteiger partial charge in [-0.15, -0.1) is 0 Å². The van der Waals surface area contributed by atoms with E-state index in [1.807, 2.05) is 20.8 Å². The van der Waals surface area contributed by atoms with Gasteiger partial charge in [0.05, 0.1) is 11.2 Å². The van der Waals surface area contributed by atoms with Gasteiger partial charge in [-0.25, -0.2) is 8.78 Å². The molecule has 3 N–H and O–H groups in total. The van der Waals surface area contributed by atoms with Crippen molar-refractivity contribution in [3.05, 3.63) is 63.5 Å². The molecule has 7 heteroatoms. The molecule has 1 atom stereocenters. The molecule has 3 nitrogen and oxygen atoms in total. The van der Waals surface area contributed by atoms with Crippen molar-refractivity contribution in [3.63, 3.8) is 0 Å². The standard InChI is InChI=1S/C16H11BrF2N2S.C2H6.CH5N/c1-8(9-2-4-20-10(6-9)7-22)12-13(17)11-3-5-21-16(11)15(19)14(12)18;2*1-2/h2-8,21H,1H3;1-2H3;2H2,1H3. The highest BCUT2D eigenvalue weighted by atomic mass is 79.9. The van der Waals surface area contributed by atoms with Crippen LogP contribution in [0.2, 0.25) is 0 Å². The topological polar surface area (TPSA) is 54.7 Å². The van der Waals surface area contributed by atoms with Crippen molar-refractivity contribution in [1.29, 1.82) is 0 Å². The van der Waals surface area contributed by atoms with Crippen molar-refractivity contribution in [1.82, 2.24) is 9.97 Å². The molecule has 26 heavy (non-hydrogen) atoms. The number of fused-ring (bicyclic) bond motifs is 1. The molecule has 0 aliphatic heterocycles. The first-order valence-corrected chi connectivity index (χ1v) is 9.43. The molecule has 1 aromatic carbocycles. The van der Waals surface area contributed by atoms with E-state index in [0.29, 0.717) is 15.6 Å². The van der Waals surface area contributed by atoms with Gasteiger partial charge in [-0.05, 0) is 46.7 Å². The summed E-state index contributed by atoms with van der Waals surface area (Å²) >= 11 is 8.28. The molecular weight excluding hydrogens is 420 g/mol. The van der Waals surface area contributed by atoms with Gasteiger partial charge in [-0.2, -0.15) is 0 Å². The van der Waals surface area contributed by atoms with E-state index >= 15 is 0 Å². The molecule has 2 heterocycles. The molecule has 3 aromatic rings. The Morgan fingerprint density at radius 2 is 1.88 bits per heavy atom. The zero-order chi connectivity index (χ0) is 19.9. The molecule has 0 aliphatic rings. The number of aromatic nitrogens is 2. The lowest BCUT2D eigenvalue weighted by Gasteiger charge is -2.17. The Kier molecular flexibility index (Phi) is 8.98. The van der Waals surface area contributed by atoms with Gasteiger partial charge in [0.15, 0.2) is 11.6 Å². The maximum Gasteiger partial charge on any atom is 0.183 e. The van der Waals surface area contributed by atoms with Crippen LogP contribution in [0.4, 0.5) is 8.78 Å². The second-order valence-corrected chi connectivity index (χ2v) is 6.00. The van der Waals surface area contributed by atoms with Crippen molar-refractivity contribution >= 4 is 44.4 Å². The Hall–Kier alpha value is -1.70. The summed E-state index contributed by atoms with van der Waals surface area (Å²) in [6.45, 7) is 5.82. The van der Waals surface area contributed by atoms with Crippen LogP contribution in [0.25, 0.3) is 10.9 Å². The number of halogens is 3. The predicted octanol–water partition coefficient (Wildman–Crippen LogP) is 5.70. The Bertz CT molecular complexity index is 881. The van der Waals surface area contributed by atoms with Crippen molar-refractivity contribution < 1.29 is 8.78 Å². The van der Waals surface area contributed by atoms with Gasteiger partial charge >= 0.3 is 0 Å². The van der Waals surface area contributed by atoms with Crippen LogP contribution in [0.3, 0.4) is 0 Å². The normalized spacial score (nSPS) is 11.1. The molecule has 0 aliphatic carbocycles. The predicted molar refractivity (Wildman–Crippen MR) is 112 cm³/mol. The van der Waals surface area contributed by atoms with Gasteiger partial charge < -0.3 is 10.7 Å². The van der Waals surface area contributed by atoms with Crippen molar-refractivity contribution in [3.8, 4) is 0 Å². The number of nitrogens with zero attached hydrogens (tertiary/aromatic N) is 1. The van der Waals surface area contributed by atoms with Crippen LogP contribution >= 0.6 is 28.1 Å². The minimum Gasteiger partial charge on any atom is -0.359 e. The van der Waals surface area contributed by atoms with Crippen LogP contribution < -0.4 is 5.73 Å². The number of hydrogen-bond donors (Lipinski definition) is 2. The first kappa shape index (κ1) is 22.3. The Balaban J connectivity index is 0.000000791. The number of nitrogens with two attached hydrogens (primary N) is 1. The second-order valence-electron chi connectivity index (χ2n) is 4.98. The number of pyridine rings is 1. The summed E-state index contributed by atoms with van der Waals surface area (Å²) in [5.41, 5.74) is 6.39. The van der Waals surface area contributed by atoms with E-state index in [1.54, 1.807) is 30.6 Å². The summed E-state index contributed by atoms with van der Waals surface area (Å²) in [4.78, 5) is 6.81. The number of nitrogens with one attached hydrogen (secondary N) is 1. The van der Waals surface area contributed by atoms with E-state index in [0.717, 1.165) is 5.56 Å². The van der Waals surface area contributed by atoms with E-state index in [4.69, 9.17) is 12.2 Å². The van der Waals surface area contributed by atoms with E-state index in [9.17, 15) is 8.78 Å². The molecule has 3 rings (SSSR count). The summed E-state index contributed by atoms with van der Waals surface area (Å²) in [6.07, 6.45) is 3.20. The number of H-pyrrole nitrogens is 1. The lowest BCUT2D eigenvalue weighted by atomic mass is 9.92. The fourth-order valence-corrected chi connectivity index (χ4v) is 3.53. The lowest BCUT2D eigenvalue weighted by molar-refractivity contribution is 0.501. The molecule has 0 fully saturated rings. The monoisotopic (exact) mass is 441 g/mol. The van der Waals surface area contributed by atoms with E-state index in [2.05, 4.69) is 31.6 Å². The zero-order valence-electron chi connectivity index (χ0n) is 15.1. The van der Waals surface area contributed by atoms with E-state index in [1.165, 1.54) is 12.4 Å². The van der Waals surface area contributed by atoms with Crippen LogP contribution in [-0.4, -0.2) is 22.4 Å². The van der Waals surface area contributed by atoms with Gasteiger partial charge in [0.25, 0.3) is 0 Å². The summed E-state index contributed by atoms with van der Waals surface area (Å²) in [6, 6.07) is 5.27. The zero-order valence-corrected chi connectivity index (χ0v) is 17.5. The maximum absolute atomic E-state index is 14.5. The van der Waals surface area contributed by atoms with Gasteiger partial charge in [0.2, 0.25) is 0 Å². The molecule has 2 aromatic heterocycles. The fourth-order valence-electron chi connectivity index (χ4n) is 2.55. The van der Waals surface area contributed by atoms with Crippen molar-refractivity contribution in [2.24, 2.45) is 5.73 Å². The van der Waals surface area contributed by atoms with Gasteiger partial charge in [0.1, 0.15) is 0 Å². The molecule has 0 spiro atoms. The van der Waals surface area contributed by atoms with Crippen LogP contribution in [-0.2, 0) is 0 Å². The number of thiocarbonyl (C=S) groups is 1. The molecule has 0 bridgehead atoms. The quantitative estimate of drug-likeness (QED) is 0.404. The molecule has 0 saturated heterocycles. The third kappa shape index (κ3) is 4.34. The first-order chi connectivity index (χ1) is 12.5. The summed E-state index contributed by atoms with van der Waals surface area (Å²) in [5, 5.41) is 2.07. The third-order valence-corrected chi connectivity index (χ3v) is 4.82. The Labute approximate surface area is 166 Å². The van der Waals surface area contributed by atoms with Gasteiger partial charge in [-0.3, -0.25) is 4.98 Å². The van der Waals surface area contributed by atoms with Crippen LogP contribution in [0.5, 0.6) is 0 Å². The van der Waals surface area contributed by atoms with Crippen LogP contribution in [0.1, 0.15) is 43.5 Å². The number of hydrogen-bond acceptors (Lipinski definition) is 3. The molecule has 0 radical (unpaired) electrons. The molecular formula is C19H22BrF2N3S. The Morgan fingerprint density at radius 3 is 2.50 bits per heavy atom. The first-order valence-electron chi connectivity index (χ1n) is 8.17. The van der Waals surface area contributed by atoms with Gasteiger partial charge in [-0.1, -0.05) is 33.0 Å². The minimum absolute atomic E-state index is 0.162. The van der Waals surface area contributed by atoms with Crippen molar-refractivity contribution in [2.45, 2.75) is 26.7 Å².